The monoisotopic (exact) mass is 257 g/mol. The molecular weight excluding hydrogens is 242 g/mol. The number of benzene rings is 1. The maximum Gasteiger partial charge on any atom is 0.143 e. The zero-order valence-corrected chi connectivity index (χ0v) is 10.4. The lowest BCUT2D eigenvalue weighted by Gasteiger charge is -2.06. The molecule has 2 rings (SSSR count). The van der Waals surface area contributed by atoms with Crippen molar-refractivity contribution in [2.75, 3.05) is 0 Å². The third kappa shape index (κ3) is 3.99. The van der Waals surface area contributed by atoms with Crippen molar-refractivity contribution in [2.45, 2.75) is 13.0 Å². The summed E-state index contributed by atoms with van der Waals surface area (Å²) in [6, 6.07) is 13.2. The Morgan fingerprint density at radius 2 is 2.00 bits per heavy atom. The molecule has 0 aliphatic rings. The standard InChI is InChI=1S/C14H15N3O2/c15-14(17-18)9-11-4-6-13(7-5-11)19-10-12-3-1-2-8-16-12/h1-8,18H,9-10H2,(H2,15,17). The Labute approximate surface area is 111 Å². The van der Waals surface area contributed by atoms with Crippen molar-refractivity contribution in [2.24, 2.45) is 10.9 Å². The van der Waals surface area contributed by atoms with Gasteiger partial charge in [0.2, 0.25) is 0 Å². The fourth-order valence-electron chi connectivity index (χ4n) is 1.59. The Morgan fingerprint density at radius 1 is 1.21 bits per heavy atom. The van der Waals surface area contributed by atoms with Crippen LogP contribution in [0.2, 0.25) is 0 Å². The SMILES string of the molecule is N/C(Cc1ccc(OCc2ccccn2)cc1)=N\O. The number of aromatic nitrogens is 1. The van der Waals surface area contributed by atoms with E-state index in [-0.39, 0.29) is 5.84 Å². The van der Waals surface area contributed by atoms with Gasteiger partial charge in [-0.25, -0.2) is 0 Å². The van der Waals surface area contributed by atoms with Gasteiger partial charge in [-0.3, -0.25) is 4.98 Å². The maximum absolute atomic E-state index is 8.49. The zero-order chi connectivity index (χ0) is 13.5. The van der Waals surface area contributed by atoms with Crippen molar-refractivity contribution in [3.05, 3.63) is 59.9 Å². The van der Waals surface area contributed by atoms with Gasteiger partial charge in [0.15, 0.2) is 0 Å². The minimum Gasteiger partial charge on any atom is -0.487 e. The van der Waals surface area contributed by atoms with Gasteiger partial charge in [0.1, 0.15) is 18.2 Å². The molecule has 0 bridgehead atoms. The minimum absolute atomic E-state index is 0.183. The van der Waals surface area contributed by atoms with Gasteiger partial charge in [-0.15, -0.1) is 0 Å². The summed E-state index contributed by atoms with van der Waals surface area (Å²) in [5.74, 6) is 0.941. The Bertz CT molecular complexity index is 538. The number of ether oxygens (including phenoxy) is 1. The molecule has 0 aliphatic heterocycles. The summed E-state index contributed by atoms with van der Waals surface area (Å²) in [6.07, 6.45) is 2.15. The Balaban J connectivity index is 1.92. The Morgan fingerprint density at radius 3 is 2.63 bits per heavy atom. The van der Waals surface area contributed by atoms with Crippen LogP contribution in [0.15, 0.2) is 53.8 Å². The van der Waals surface area contributed by atoms with Crippen molar-refractivity contribution in [1.82, 2.24) is 4.98 Å². The Hall–Kier alpha value is -2.56. The molecule has 2 aromatic rings. The summed E-state index contributed by atoms with van der Waals surface area (Å²) in [5.41, 5.74) is 7.27. The first-order chi connectivity index (χ1) is 9.28. The van der Waals surface area contributed by atoms with Gasteiger partial charge in [-0.1, -0.05) is 23.4 Å². The van der Waals surface area contributed by atoms with E-state index in [1.165, 1.54) is 0 Å². The van der Waals surface area contributed by atoms with Gasteiger partial charge in [0.25, 0.3) is 0 Å². The van der Waals surface area contributed by atoms with Crippen LogP contribution in [0.25, 0.3) is 0 Å². The van der Waals surface area contributed by atoms with Gasteiger partial charge >= 0.3 is 0 Å². The van der Waals surface area contributed by atoms with Gasteiger partial charge in [0, 0.05) is 12.6 Å². The van der Waals surface area contributed by atoms with Crippen LogP contribution >= 0.6 is 0 Å². The number of rotatable bonds is 5. The van der Waals surface area contributed by atoms with Crippen LogP contribution < -0.4 is 10.5 Å². The maximum atomic E-state index is 8.49. The predicted molar refractivity (Wildman–Crippen MR) is 72.1 cm³/mol. The van der Waals surface area contributed by atoms with Crippen molar-refractivity contribution >= 4 is 5.84 Å². The van der Waals surface area contributed by atoms with E-state index < -0.39 is 0 Å². The summed E-state index contributed by atoms with van der Waals surface area (Å²) < 4.78 is 5.60. The molecule has 0 unspecified atom stereocenters. The number of amidine groups is 1. The van der Waals surface area contributed by atoms with Gasteiger partial charge in [0.05, 0.1) is 5.69 Å². The lowest BCUT2D eigenvalue weighted by molar-refractivity contribution is 0.301. The molecule has 0 aliphatic carbocycles. The molecule has 0 saturated heterocycles. The van der Waals surface area contributed by atoms with E-state index in [4.69, 9.17) is 15.7 Å². The van der Waals surface area contributed by atoms with E-state index >= 15 is 0 Å². The summed E-state index contributed by atoms with van der Waals surface area (Å²) in [7, 11) is 0. The van der Waals surface area contributed by atoms with Crippen LogP contribution in [0.3, 0.4) is 0 Å². The van der Waals surface area contributed by atoms with Gasteiger partial charge < -0.3 is 15.7 Å². The molecule has 0 atom stereocenters. The highest BCUT2D eigenvalue weighted by Crippen LogP contribution is 2.14. The Kier molecular flexibility index (Phi) is 4.34. The number of hydrogen-bond donors (Lipinski definition) is 2. The van der Waals surface area contributed by atoms with E-state index in [1.54, 1.807) is 6.20 Å². The number of nitrogens with zero attached hydrogens (tertiary/aromatic N) is 2. The van der Waals surface area contributed by atoms with E-state index in [9.17, 15) is 0 Å². The molecular formula is C14H15N3O2. The molecule has 0 radical (unpaired) electrons. The normalized spacial score (nSPS) is 11.3. The molecule has 3 N–H and O–H groups in total. The van der Waals surface area contributed by atoms with E-state index in [0.717, 1.165) is 17.0 Å². The van der Waals surface area contributed by atoms with Crippen LogP contribution in [-0.4, -0.2) is 16.0 Å². The molecule has 0 fully saturated rings. The second kappa shape index (κ2) is 6.39. The second-order valence-electron chi connectivity index (χ2n) is 4.02. The number of pyridine rings is 1. The predicted octanol–water partition coefficient (Wildman–Crippen LogP) is 1.95. The average molecular weight is 257 g/mol. The largest absolute Gasteiger partial charge is 0.487 e. The lowest BCUT2D eigenvalue weighted by Crippen LogP contribution is -2.14. The second-order valence-corrected chi connectivity index (χ2v) is 4.02. The molecule has 1 heterocycles. The zero-order valence-electron chi connectivity index (χ0n) is 10.4. The minimum atomic E-state index is 0.183. The topological polar surface area (TPSA) is 80.7 Å². The smallest absolute Gasteiger partial charge is 0.143 e. The van der Waals surface area contributed by atoms with Crippen molar-refractivity contribution < 1.29 is 9.94 Å². The molecule has 1 aromatic heterocycles. The highest BCUT2D eigenvalue weighted by molar-refractivity contribution is 5.82. The summed E-state index contributed by atoms with van der Waals surface area (Å²) in [6.45, 7) is 0.431. The van der Waals surface area contributed by atoms with Gasteiger partial charge in [-0.05, 0) is 29.8 Å². The molecule has 5 nitrogen and oxygen atoms in total. The summed E-state index contributed by atoms with van der Waals surface area (Å²) >= 11 is 0. The van der Waals surface area contributed by atoms with E-state index in [0.29, 0.717) is 13.0 Å². The number of oxime groups is 1. The van der Waals surface area contributed by atoms with Crippen LogP contribution in [0.1, 0.15) is 11.3 Å². The van der Waals surface area contributed by atoms with E-state index in [1.807, 2.05) is 42.5 Å². The molecule has 0 amide bonds. The molecule has 1 aromatic carbocycles. The lowest BCUT2D eigenvalue weighted by atomic mass is 10.1. The van der Waals surface area contributed by atoms with Crippen LogP contribution in [0.4, 0.5) is 0 Å². The van der Waals surface area contributed by atoms with Crippen LogP contribution in [0.5, 0.6) is 5.75 Å². The first-order valence-corrected chi connectivity index (χ1v) is 5.86. The van der Waals surface area contributed by atoms with Crippen molar-refractivity contribution in [1.29, 1.82) is 0 Å². The highest BCUT2D eigenvalue weighted by atomic mass is 16.5. The molecule has 0 saturated carbocycles. The third-order valence-corrected chi connectivity index (χ3v) is 2.55. The molecule has 19 heavy (non-hydrogen) atoms. The fraction of sp³-hybridized carbons (Fsp3) is 0.143. The van der Waals surface area contributed by atoms with Crippen molar-refractivity contribution in [3.63, 3.8) is 0 Å². The molecule has 5 heteroatoms. The first-order valence-electron chi connectivity index (χ1n) is 5.86. The number of nitrogens with two attached hydrogens (primary N) is 1. The highest BCUT2D eigenvalue weighted by Gasteiger charge is 2.00. The average Bonchev–Trinajstić information content (AvgIpc) is 2.47. The van der Waals surface area contributed by atoms with E-state index in [2.05, 4.69) is 10.1 Å². The fourth-order valence-corrected chi connectivity index (χ4v) is 1.59. The first kappa shape index (κ1) is 12.9. The molecule has 0 spiro atoms. The summed E-state index contributed by atoms with van der Waals surface area (Å²) in [4.78, 5) is 4.18. The molecule has 98 valence electrons. The van der Waals surface area contributed by atoms with Crippen LogP contribution in [-0.2, 0) is 13.0 Å². The summed E-state index contributed by atoms with van der Waals surface area (Å²) in [5, 5.41) is 11.4. The van der Waals surface area contributed by atoms with Gasteiger partial charge in [-0.2, -0.15) is 0 Å². The number of hydrogen-bond acceptors (Lipinski definition) is 4. The third-order valence-electron chi connectivity index (χ3n) is 2.55. The van der Waals surface area contributed by atoms with Crippen molar-refractivity contribution in [3.8, 4) is 5.75 Å². The van der Waals surface area contributed by atoms with Crippen LogP contribution in [0, 0.1) is 0 Å². The quantitative estimate of drug-likeness (QED) is 0.371.